The Labute approximate surface area is 126 Å². The predicted octanol–water partition coefficient (Wildman–Crippen LogP) is 4.84. The van der Waals surface area contributed by atoms with Gasteiger partial charge in [-0.05, 0) is 33.5 Å². The summed E-state index contributed by atoms with van der Waals surface area (Å²) >= 11 is 1.48. The standard InChI is InChI=1S/C16H36N2S/c1-18(2)15-13-11-9-7-5-3-4-6-8-10-12-14-16-19-17/h3-17H2,1-2H3. The minimum absolute atomic E-state index is 1.13. The molecular weight excluding hydrogens is 252 g/mol. The highest BCUT2D eigenvalue weighted by molar-refractivity contribution is 7.97. The number of hydrogen-bond donors (Lipinski definition) is 1. The first-order chi connectivity index (χ1) is 9.27. The largest absolute Gasteiger partial charge is 0.309 e. The number of nitrogens with two attached hydrogens (primary N) is 1. The minimum atomic E-state index is 1.13. The van der Waals surface area contributed by atoms with Gasteiger partial charge in [-0.1, -0.05) is 76.2 Å². The smallest absolute Gasteiger partial charge is 0.00764 e. The van der Waals surface area contributed by atoms with Gasteiger partial charge >= 0.3 is 0 Å². The summed E-state index contributed by atoms with van der Waals surface area (Å²) in [6, 6.07) is 0. The average molecular weight is 289 g/mol. The fraction of sp³-hybridized carbons (Fsp3) is 1.00. The Balaban J connectivity index is 2.91. The van der Waals surface area contributed by atoms with Gasteiger partial charge in [0.15, 0.2) is 0 Å². The molecule has 0 radical (unpaired) electrons. The van der Waals surface area contributed by atoms with Crippen LogP contribution >= 0.6 is 11.9 Å². The summed E-state index contributed by atoms with van der Waals surface area (Å²) in [7, 11) is 4.32. The van der Waals surface area contributed by atoms with Crippen molar-refractivity contribution in [2.75, 3.05) is 26.4 Å². The Kier molecular flexibility index (Phi) is 16.6. The molecule has 0 aromatic carbocycles. The van der Waals surface area contributed by atoms with E-state index in [9.17, 15) is 0 Å². The van der Waals surface area contributed by atoms with Gasteiger partial charge in [-0.2, -0.15) is 0 Å². The molecule has 19 heavy (non-hydrogen) atoms. The van der Waals surface area contributed by atoms with Crippen LogP contribution in [0.3, 0.4) is 0 Å². The van der Waals surface area contributed by atoms with E-state index in [1.807, 2.05) is 0 Å². The van der Waals surface area contributed by atoms with Gasteiger partial charge in [0, 0.05) is 5.75 Å². The van der Waals surface area contributed by atoms with Gasteiger partial charge in [-0.3, -0.25) is 5.14 Å². The first-order valence-electron chi connectivity index (χ1n) is 8.24. The zero-order chi connectivity index (χ0) is 14.2. The molecule has 3 heteroatoms. The van der Waals surface area contributed by atoms with E-state index < -0.39 is 0 Å². The summed E-state index contributed by atoms with van der Waals surface area (Å²) in [5.74, 6) is 1.13. The van der Waals surface area contributed by atoms with Crippen LogP contribution in [0.2, 0.25) is 0 Å². The van der Waals surface area contributed by atoms with Crippen LogP contribution in [0.15, 0.2) is 0 Å². The Morgan fingerprint density at radius 3 is 1.37 bits per heavy atom. The molecule has 0 aliphatic rings. The van der Waals surface area contributed by atoms with E-state index >= 15 is 0 Å². The lowest BCUT2D eigenvalue weighted by Gasteiger charge is -2.08. The molecule has 0 saturated heterocycles. The van der Waals surface area contributed by atoms with Gasteiger partial charge in [0.2, 0.25) is 0 Å². The predicted molar refractivity (Wildman–Crippen MR) is 90.6 cm³/mol. The van der Waals surface area contributed by atoms with Crippen LogP contribution in [0.25, 0.3) is 0 Å². The van der Waals surface area contributed by atoms with Crippen molar-refractivity contribution in [3.8, 4) is 0 Å². The van der Waals surface area contributed by atoms with Crippen LogP contribution in [-0.4, -0.2) is 31.3 Å². The van der Waals surface area contributed by atoms with Gasteiger partial charge in [0.05, 0.1) is 0 Å². The van der Waals surface area contributed by atoms with Crippen molar-refractivity contribution >= 4 is 11.9 Å². The highest BCUT2D eigenvalue weighted by atomic mass is 32.2. The molecule has 0 bridgehead atoms. The zero-order valence-corrected chi connectivity index (χ0v) is 14.1. The summed E-state index contributed by atoms with van der Waals surface area (Å²) in [6.07, 6.45) is 17.0. The average Bonchev–Trinajstić information content (AvgIpc) is 2.39. The van der Waals surface area contributed by atoms with Crippen molar-refractivity contribution in [3.63, 3.8) is 0 Å². The Hall–Kier alpha value is 0.270. The Morgan fingerprint density at radius 2 is 1.00 bits per heavy atom. The maximum absolute atomic E-state index is 5.40. The number of nitrogens with zero attached hydrogens (tertiary/aromatic N) is 1. The van der Waals surface area contributed by atoms with Crippen molar-refractivity contribution in [3.05, 3.63) is 0 Å². The first kappa shape index (κ1) is 19.3. The lowest BCUT2D eigenvalue weighted by Crippen LogP contribution is -2.12. The molecule has 0 aliphatic carbocycles. The monoisotopic (exact) mass is 288 g/mol. The number of unbranched alkanes of at least 4 members (excludes halogenated alkanes) is 11. The van der Waals surface area contributed by atoms with Crippen molar-refractivity contribution in [2.45, 2.75) is 77.0 Å². The molecule has 0 aromatic rings. The van der Waals surface area contributed by atoms with E-state index in [1.54, 1.807) is 0 Å². The van der Waals surface area contributed by atoms with E-state index in [-0.39, 0.29) is 0 Å². The second-order valence-corrected chi connectivity index (χ2v) is 6.66. The van der Waals surface area contributed by atoms with Gasteiger partial charge in [-0.25, -0.2) is 0 Å². The summed E-state index contributed by atoms with van der Waals surface area (Å²) < 4.78 is 0. The van der Waals surface area contributed by atoms with Crippen molar-refractivity contribution in [2.24, 2.45) is 5.14 Å². The number of rotatable bonds is 15. The zero-order valence-electron chi connectivity index (χ0n) is 13.3. The van der Waals surface area contributed by atoms with Gasteiger partial charge in [0.1, 0.15) is 0 Å². The molecule has 2 nitrogen and oxygen atoms in total. The van der Waals surface area contributed by atoms with Gasteiger partial charge in [0.25, 0.3) is 0 Å². The molecule has 0 atom stereocenters. The highest BCUT2D eigenvalue weighted by Gasteiger charge is 1.94. The molecular formula is C16H36N2S. The van der Waals surface area contributed by atoms with Crippen LogP contribution in [0.4, 0.5) is 0 Å². The molecule has 116 valence electrons. The van der Waals surface area contributed by atoms with E-state index in [2.05, 4.69) is 19.0 Å². The lowest BCUT2D eigenvalue weighted by molar-refractivity contribution is 0.389. The fourth-order valence-electron chi connectivity index (χ4n) is 2.38. The molecule has 0 amide bonds. The molecule has 0 rings (SSSR count). The molecule has 0 heterocycles. The number of hydrogen-bond acceptors (Lipinski definition) is 3. The van der Waals surface area contributed by atoms with Crippen molar-refractivity contribution < 1.29 is 0 Å². The van der Waals surface area contributed by atoms with E-state index in [0.29, 0.717) is 0 Å². The highest BCUT2D eigenvalue weighted by Crippen LogP contribution is 2.12. The van der Waals surface area contributed by atoms with Crippen molar-refractivity contribution in [1.82, 2.24) is 4.90 Å². The fourth-order valence-corrected chi connectivity index (χ4v) is 2.75. The van der Waals surface area contributed by atoms with Crippen molar-refractivity contribution in [1.29, 1.82) is 0 Å². The third-order valence-corrected chi connectivity index (χ3v) is 4.14. The lowest BCUT2D eigenvalue weighted by atomic mass is 10.1. The maximum atomic E-state index is 5.40. The molecule has 0 spiro atoms. The third kappa shape index (κ3) is 18.3. The molecule has 0 saturated carbocycles. The van der Waals surface area contributed by atoms with Gasteiger partial charge in [-0.15, -0.1) is 0 Å². The second kappa shape index (κ2) is 16.3. The van der Waals surface area contributed by atoms with Crippen LogP contribution < -0.4 is 5.14 Å². The van der Waals surface area contributed by atoms with Crippen LogP contribution in [0, 0.1) is 0 Å². The Morgan fingerprint density at radius 1 is 0.632 bits per heavy atom. The molecule has 0 aliphatic heterocycles. The minimum Gasteiger partial charge on any atom is -0.309 e. The quantitative estimate of drug-likeness (QED) is 0.345. The van der Waals surface area contributed by atoms with Crippen LogP contribution in [0.1, 0.15) is 77.0 Å². The topological polar surface area (TPSA) is 29.3 Å². The summed E-state index contributed by atoms with van der Waals surface area (Å²) in [4.78, 5) is 2.28. The third-order valence-electron chi connectivity index (χ3n) is 3.62. The second-order valence-electron chi connectivity index (χ2n) is 5.92. The van der Waals surface area contributed by atoms with E-state index in [4.69, 9.17) is 5.14 Å². The Bertz CT molecular complexity index is 163. The molecule has 0 aromatic heterocycles. The molecule has 2 N–H and O–H groups in total. The van der Waals surface area contributed by atoms with E-state index in [1.165, 1.54) is 95.5 Å². The first-order valence-corrected chi connectivity index (χ1v) is 9.28. The van der Waals surface area contributed by atoms with Crippen LogP contribution in [-0.2, 0) is 0 Å². The normalized spacial score (nSPS) is 11.4. The van der Waals surface area contributed by atoms with E-state index in [0.717, 1.165) is 5.75 Å². The SMILES string of the molecule is CN(C)CCCCCCCCCCCCCCSN. The molecule has 0 fully saturated rings. The summed E-state index contributed by atoms with van der Waals surface area (Å²) in [6.45, 7) is 1.25. The summed E-state index contributed by atoms with van der Waals surface area (Å²) in [5.41, 5.74) is 0. The van der Waals surface area contributed by atoms with Gasteiger partial charge < -0.3 is 4.90 Å². The van der Waals surface area contributed by atoms with Crippen LogP contribution in [0.5, 0.6) is 0 Å². The maximum Gasteiger partial charge on any atom is 0.00764 e. The molecule has 0 unspecified atom stereocenters. The summed E-state index contributed by atoms with van der Waals surface area (Å²) in [5, 5.41) is 5.40.